The minimum absolute atomic E-state index is 0.000108. The van der Waals surface area contributed by atoms with E-state index in [0.29, 0.717) is 36.0 Å². The summed E-state index contributed by atoms with van der Waals surface area (Å²) in [5.74, 6) is -15.1. The summed E-state index contributed by atoms with van der Waals surface area (Å²) in [4.78, 5) is 232. The number of hydrazine groups is 1. The highest BCUT2D eigenvalue weighted by Crippen LogP contribution is 2.33. The number of thiazole rings is 1. The molecule has 5 rings (SSSR count). The van der Waals surface area contributed by atoms with Gasteiger partial charge in [0.05, 0.1) is 12.5 Å². The summed E-state index contributed by atoms with van der Waals surface area (Å²) in [6.07, 6.45) is -1.70. The van der Waals surface area contributed by atoms with E-state index in [1.165, 1.54) is 50.9 Å². The van der Waals surface area contributed by atoms with Crippen LogP contribution in [0.2, 0.25) is 0 Å². The lowest BCUT2D eigenvalue weighted by molar-refractivity contribution is -0.161. The number of likely N-dealkylation sites (tertiary alicyclic amines) is 1. The average molecular weight is 1920 g/mol. The zero-order chi connectivity index (χ0) is 97.7. The molecule has 132 heavy (non-hydrogen) atoms. The maximum atomic E-state index is 15.1. The lowest BCUT2D eigenvalue weighted by Gasteiger charge is -2.39. The Morgan fingerprint density at radius 3 is 1.82 bits per heavy atom. The number of benzene rings is 3. The molecule has 2 heterocycles. The first-order valence-corrected chi connectivity index (χ1v) is 47.1. The van der Waals surface area contributed by atoms with Crippen LogP contribution < -0.4 is 69.8 Å². The molecule has 14 atom stereocenters. The van der Waals surface area contributed by atoms with Gasteiger partial charge in [-0.15, -0.1) is 11.3 Å². The monoisotopic (exact) mass is 1920 g/mol. The highest BCUT2D eigenvalue weighted by atomic mass is 33.1. The van der Waals surface area contributed by atoms with E-state index in [-0.39, 0.29) is 117 Å². The molecule has 45 heteroatoms. The number of phenolic OH excluding ortho intramolecular Hbond substituents is 1. The number of thiocarbonyl (C=S) groups is 1. The number of esters is 2. The van der Waals surface area contributed by atoms with Crippen molar-refractivity contribution in [2.24, 2.45) is 23.5 Å². The zero-order valence-corrected chi connectivity index (χ0v) is 78.5. The number of carboxylic acid groups (broad SMARTS) is 4. The smallest absolute Gasteiger partial charge is 0.426 e. The first-order valence-electron chi connectivity index (χ1n) is 43.3. The third-order valence-electron chi connectivity index (χ3n) is 21.1. The van der Waals surface area contributed by atoms with E-state index in [1.807, 2.05) is 46.6 Å². The van der Waals surface area contributed by atoms with Crippen molar-refractivity contribution in [2.75, 3.05) is 51.5 Å². The van der Waals surface area contributed by atoms with E-state index in [2.05, 4.69) is 69.0 Å². The number of aliphatic carboxylic acids is 4. The van der Waals surface area contributed by atoms with Gasteiger partial charge in [0.2, 0.25) is 53.2 Å². The van der Waals surface area contributed by atoms with Crippen molar-refractivity contribution < 1.29 is 121 Å². The Bertz CT molecular complexity index is 4520. The quantitative estimate of drug-likeness (QED) is 0.00573. The van der Waals surface area contributed by atoms with E-state index in [4.69, 9.17) is 37.3 Å². The SMILES string of the molecule is CCCC(=O)OCN(C(=O)[C@@H](NC(=O)[C@H]1CCCCN1C)C(C)CC)[C@H](C[C@H](OC(C)=O)c1nc(C(=O)N[C@@H](Cc2ccc(O)cc2)C[C@H](C)C(=O)NNC(=O)OCCSSC[C@H](C)NC(=O)[C@H](CC(=O)O)NC(=O)[C@@H](N)CNC(=O)[C@H](Cc2ccccc2)NC(=O)[C@H](Cc2ccccc2)NC(=O)CCNC(=O)CC[C@H](NC(=S)N[C@@H](CCC(=O)O)C(=O)O)C(=O)O)cs1)C(C)C. The number of ether oxygens (including phenoxy) is 3. The van der Waals surface area contributed by atoms with Crippen LogP contribution in [0, 0.1) is 17.8 Å². The van der Waals surface area contributed by atoms with Gasteiger partial charge in [0.25, 0.3) is 5.91 Å². The normalized spacial score (nSPS) is 15.4. The fourth-order valence-corrected chi connectivity index (χ4v) is 16.9. The number of aromatic nitrogens is 1. The summed E-state index contributed by atoms with van der Waals surface area (Å²) in [7, 11) is 4.34. The number of carbonyl (C=O) groups is 17. The number of carbonyl (C=O) groups excluding carboxylic acids is 13. The van der Waals surface area contributed by atoms with Crippen LogP contribution >= 0.6 is 45.1 Å². The number of nitrogens with two attached hydrogens (primary N) is 1. The number of nitrogens with zero attached hydrogens (tertiary/aromatic N) is 3. The summed E-state index contributed by atoms with van der Waals surface area (Å²) in [6.45, 7) is 12.9. The lowest BCUT2D eigenvalue weighted by atomic mass is 9.92. The average Bonchev–Trinajstić information content (AvgIpc) is 1.18. The number of amides is 11. The van der Waals surface area contributed by atoms with Crippen LogP contribution in [0.4, 0.5) is 4.79 Å². The lowest BCUT2D eigenvalue weighted by Crippen LogP contribution is -2.59. The second-order valence-corrected chi connectivity index (χ2v) is 36.2. The van der Waals surface area contributed by atoms with Crippen molar-refractivity contribution in [1.82, 2.24) is 78.8 Å². The Morgan fingerprint density at radius 2 is 1.23 bits per heavy atom. The fraction of sp³-hybridized carbons (Fsp3) is 0.552. The van der Waals surface area contributed by atoms with Crippen LogP contribution in [0.1, 0.15) is 184 Å². The maximum absolute atomic E-state index is 15.1. The van der Waals surface area contributed by atoms with E-state index in [0.717, 1.165) is 30.7 Å². The number of aromatic hydroxyl groups is 1. The van der Waals surface area contributed by atoms with Crippen molar-refractivity contribution in [3.05, 3.63) is 118 Å². The summed E-state index contributed by atoms with van der Waals surface area (Å²) in [5, 5.41) is 75.3. The maximum Gasteiger partial charge on any atom is 0.426 e. The predicted molar refractivity (Wildman–Crippen MR) is 491 cm³/mol. The second-order valence-electron chi connectivity index (χ2n) is 32.3. The van der Waals surface area contributed by atoms with E-state index >= 15 is 4.79 Å². The molecule has 1 saturated heterocycles. The van der Waals surface area contributed by atoms with Gasteiger partial charge in [-0.05, 0) is 118 Å². The summed E-state index contributed by atoms with van der Waals surface area (Å²) >= 11 is 6.06. The molecule has 0 radical (unpaired) electrons. The van der Waals surface area contributed by atoms with Gasteiger partial charge in [0.1, 0.15) is 65.4 Å². The molecule has 726 valence electrons. The van der Waals surface area contributed by atoms with E-state index in [1.54, 1.807) is 86.6 Å². The molecule has 4 aromatic rings. The third-order valence-corrected chi connectivity index (χ3v) is 24.8. The molecular formula is C87H124N16O25S4. The number of nitrogens with one attached hydrogen (secondary N) is 12. The minimum atomic E-state index is -1.66. The number of hydrogen-bond donors (Lipinski definition) is 18. The summed E-state index contributed by atoms with van der Waals surface area (Å²) in [6, 6.07) is 10.6. The molecule has 19 N–H and O–H groups in total. The Hall–Kier alpha value is -11.8. The van der Waals surface area contributed by atoms with E-state index in [9.17, 15) is 97.1 Å². The Labute approximate surface area is 782 Å². The molecule has 3 aromatic carbocycles. The van der Waals surface area contributed by atoms with Crippen LogP contribution in [0.25, 0.3) is 0 Å². The zero-order valence-electron chi connectivity index (χ0n) is 75.2. The number of carboxylic acids is 4. The van der Waals surface area contributed by atoms with Crippen LogP contribution in [0.5, 0.6) is 5.75 Å². The number of likely N-dealkylation sites (N-methyl/N-ethyl adjacent to an activating group) is 1. The van der Waals surface area contributed by atoms with Crippen molar-refractivity contribution >= 4 is 151 Å². The van der Waals surface area contributed by atoms with Gasteiger partial charge in [-0.25, -0.2) is 24.8 Å². The number of hydrogen-bond acceptors (Lipinski definition) is 28. The Morgan fingerprint density at radius 1 is 0.629 bits per heavy atom. The van der Waals surface area contributed by atoms with Gasteiger partial charge in [0, 0.05) is 106 Å². The molecule has 1 aromatic heterocycles. The summed E-state index contributed by atoms with van der Waals surface area (Å²) in [5.41, 5.74) is 12.5. The van der Waals surface area contributed by atoms with Gasteiger partial charge in [-0.2, -0.15) is 0 Å². The third kappa shape index (κ3) is 40.9. The van der Waals surface area contributed by atoms with Gasteiger partial charge in [-0.1, -0.05) is 149 Å². The molecule has 1 unspecified atom stereocenters. The predicted octanol–water partition coefficient (Wildman–Crippen LogP) is 3.40. The largest absolute Gasteiger partial charge is 0.508 e. The van der Waals surface area contributed by atoms with Gasteiger partial charge < -0.3 is 104 Å². The molecule has 1 aliphatic heterocycles. The number of rotatable bonds is 57. The molecule has 41 nitrogen and oxygen atoms in total. The van der Waals surface area contributed by atoms with Crippen LogP contribution in [0.3, 0.4) is 0 Å². The Balaban J connectivity index is 1.11. The standard InChI is InChI=1S/C87H124N16O25S4/c1-10-20-73(112)127-48-103(83(120)74(50(5)11-2)99-81(119)66-25-18-19-36-102(66)9)67(49(3)4)44-68(128-53(8)104)82-96-65(47-130-82)80(118)92-57(40-56-26-28-58(105)29-27-56)39-51(6)75(113)100-101-87(125)126-37-38-131-132-46-52(7)91-78(116)64(43-72(110)111)94-76(114)59(88)45-90-77(115)62(41-54-21-14-12-15-22-54)95-79(117)63(42-55-23-16-13-17-24-55)93-70(107)34-35-89-69(106)32-30-60(84(121)122)97-86(129)98-61(85(123)124)31-33-71(108)109/h12-17,21-24,26-29,47,49-52,57,59-64,66-68,74,105H,10-11,18-20,25,30-46,48,88H2,1-9H3,(H,89,106)(H,90,115)(H,91,116)(H,92,118)(H,93,107)(H,94,114)(H,95,117)(H,99,119)(H,100,113)(H,101,125)(H,108,109)(H,110,111)(H,121,122)(H,123,124)(H2,97,98,129)/t50?,51-,52-,57+,59-,60-,61-,62-,63-,64-,66+,67+,68-,74-/m0/s1. The van der Waals surface area contributed by atoms with Crippen molar-refractivity contribution in [3.63, 3.8) is 0 Å². The summed E-state index contributed by atoms with van der Waals surface area (Å²) < 4.78 is 16.9. The number of piperidine rings is 1. The molecule has 1 aliphatic rings. The topological polar surface area (TPSA) is 609 Å². The van der Waals surface area contributed by atoms with Crippen LogP contribution in [-0.2, 0) is 105 Å². The van der Waals surface area contributed by atoms with Crippen LogP contribution in [0.15, 0.2) is 90.3 Å². The molecule has 0 saturated carbocycles. The molecule has 11 amide bonds. The first kappa shape index (κ1) is 111. The van der Waals surface area contributed by atoms with Crippen molar-refractivity contribution in [2.45, 2.75) is 237 Å². The van der Waals surface area contributed by atoms with Gasteiger partial charge in [0.15, 0.2) is 17.9 Å². The molecule has 0 aliphatic carbocycles. The molecule has 0 bridgehead atoms. The highest BCUT2D eigenvalue weighted by Gasteiger charge is 2.41. The minimum Gasteiger partial charge on any atom is -0.508 e. The Kier molecular flexibility index (Phi) is 48.8. The second kappa shape index (κ2) is 58.2. The van der Waals surface area contributed by atoms with Gasteiger partial charge >= 0.3 is 41.9 Å². The molecule has 0 spiro atoms. The fourth-order valence-electron chi connectivity index (χ4n) is 13.7. The van der Waals surface area contributed by atoms with Crippen molar-refractivity contribution in [1.29, 1.82) is 0 Å². The highest BCUT2D eigenvalue weighted by molar-refractivity contribution is 8.76. The van der Waals surface area contributed by atoms with Crippen molar-refractivity contribution in [3.8, 4) is 5.75 Å². The first-order chi connectivity index (χ1) is 62.6. The van der Waals surface area contributed by atoms with E-state index < -0.39 is 211 Å². The van der Waals surface area contributed by atoms with Gasteiger partial charge in [-0.3, -0.25) is 77.4 Å². The number of phenols is 1. The molecule has 1 fully saturated rings. The molecular weight excluding hydrogens is 1800 g/mol. The van der Waals surface area contributed by atoms with Crippen LogP contribution in [-0.4, -0.2) is 264 Å².